The molecule has 0 amide bonds. The third-order valence-electron chi connectivity index (χ3n) is 11.5. The van der Waals surface area contributed by atoms with Gasteiger partial charge in [0.1, 0.15) is 12.2 Å². The monoisotopic (exact) mass is 652 g/mol. The number of carbonyl (C=O) groups is 3. The molecule has 10 atom stereocenters. The van der Waals surface area contributed by atoms with Crippen molar-refractivity contribution in [2.24, 2.45) is 46.3 Å². The molecule has 0 spiro atoms. The van der Waals surface area contributed by atoms with Gasteiger partial charge in [-0.1, -0.05) is 76.4 Å². The number of halogens is 1. The maximum Gasteiger partial charge on any atom is 0.348 e. The molecule has 0 aromatic heterocycles. The van der Waals surface area contributed by atoms with E-state index < -0.39 is 35.3 Å². The molecule has 0 aromatic rings. The summed E-state index contributed by atoms with van der Waals surface area (Å²) in [7, 11) is 0. The van der Waals surface area contributed by atoms with Crippen LogP contribution in [0.3, 0.4) is 0 Å². The fourth-order valence-corrected chi connectivity index (χ4v) is 9.49. The van der Waals surface area contributed by atoms with E-state index >= 15 is 0 Å². The van der Waals surface area contributed by atoms with Crippen molar-refractivity contribution in [3.63, 3.8) is 0 Å². The second-order valence-corrected chi connectivity index (χ2v) is 15.2. The predicted octanol–water partition coefficient (Wildman–Crippen LogP) is 7.04. The van der Waals surface area contributed by atoms with Crippen LogP contribution in [0.2, 0.25) is 0 Å². The van der Waals surface area contributed by atoms with Gasteiger partial charge in [0.15, 0.2) is 12.1 Å². The van der Waals surface area contributed by atoms with Crippen molar-refractivity contribution in [3.05, 3.63) is 11.6 Å². The molecule has 2 saturated carbocycles. The first-order chi connectivity index (χ1) is 19.7. The Morgan fingerprint density at radius 3 is 2.36 bits per heavy atom. The van der Waals surface area contributed by atoms with E-state index in [1.54, 1.807) is 6.08 Å². The smallest absolute Gasteiger partial charge is 0.348 e. The van der Waals surface area contributed by atoms with Gasteiger partial charge < -0.3 is 18.9 Å². The summed E-state index contributed by atoms with van der Waals surface area (Å²) in [5.74, 6) is -0.0749. The highest BCUT2D eigenvalue weighted by Gasteiger charge is 2.70. The Labute approximate surface area is 261 Å². The highest BCUT2D eigenvalue weighted by Crippen LogP contribution is 2.68. The van der Waals surface area contributed by atoms with E-state index in [9.17, 15) is 14.4 Å². The van der Waals surface area contributed by atoms with Gasteiger partial charge in [-0.3, -0.25) is 9.59 Å². The number of carbonyl (C=O) groups excluding carboxylic acids is 3. The maximum absolute atomic E-state index is 13.7. The van der Waals surface area contributed by atoms with Crippen LogP contribution in [0.15, 0.2) is 11.6 Å². The van der Waals surface area contributed by atoms with Crippen molar-refractivity contribution < 1.29 is 33.3 Å². The second kappa shape index (κ2) is 13.0. The molecule has 4 aliphatic rings. The lowest BCUT2D eigenvalue weighted by molar-refractivity contribution is -0.275. The third kappa shape index (κ3) is 5.90. The van der Waals surface area contributed by atoms with Crippen molar-refractivity contribution in [1.82, 2.24) is 0 Å². The van der Waals surface area contributed by atoms with Crippen molar-refractivity contribution in [3.8, 4) is 0 Å². The van der Waals surface area contributed by atoms with E-state index in [-0.39, 0.29) is 54.1 Å². The van der Waals surface area contributed by atoms with Crippen molar-refractivity contribution in [2.75, 3.05) is 5.33 Å². The molecule has 3 fully saturated rings. The zero-order valence-electron chi connectivity index (χ0n) is 27.1. The second-order valence-electron chi connectivity index (χ2n) is 14.5. The summed E-state index contributed by atoms with van der Waals surface area (Å²) < 4.78 is 25.0. The lowest BCUT2D eigenvalue weighted by Gasteiger charge is -2.67. The van der Waals surface area contributed by atoms with E-state index in [2.05, 4.69) is 64.4 Å². The van der Waals surface area contributed by atoms with Gasteiger partial charge in [-0.05, 0) is 75.2 Å². The largest absolute Gasteiger partial charge is 0.459 e. The molecule has 3 aliphatic carbocycles. The Hall–Kier alpha value is -1.25. The average molecular weight is 654 g/mol. The van der Waals surface area contributed by atoms with Crippen LogP contribution < -0.4 is 0 Å². The standard InChI is InChI=1S/C34H53BrO7/c1-10-21(7)39-29(17-35)42-31-25(36)14-20(6)24-16-27-33(8)23(12-11-13-26(33)34(24,31)9)30(32(38)40-27)41-28(37)15-22(18(2)3)19(4)5/h14,18-19,21-24,26-27,29-31H,10-13,15-17H2,1-9H3. The number of rotatable bonds is 11. The lowest BCUT2D eigenvalue weighted by atomic mass is 9.40. The number of ether oxygens (including phenoxy) is 4. The molecule has 7 nitrogen and oxygen atoms in total. The molecule has 238 valence electrons. The number of allylic oxidation sites excluding steroid dienone is 1. The molecule has 0 bridgehead atoms. The summed E-state index contributed by atoms with van der Waals surface area (Å²) in [6.45, 7) is 19.0. The van der Waals surface area contributed by atoms with E-state index in [0.29, 0.717) is 23.6 Å². The molecule has 0 aromatic carbocycles. The van der Waals surface area contributed by atoms with Crippen molar-refractivity contribution >= 4 is 33.7 Å². The maximum atomic E-state index is 13.7. The summed E-state index contributed by atoms with van der Waals surface area (Å²) in [5.41, 5.74) is 0.0270. The van der Waals surface area contributed by atoms with Crippen LogP contribution in [-0.2, 0) is 33.3 Å². The van der Waals surface area contributed by atoms with Crippen molar-refractivity contribution in [2.45, 2.75) is 132 Å². The Kier molecular flexibility index (Phi) is 10.4. The molecule has 8 heteroatoms. The first kappa shape index (κ1) is 33.6. The minimum absolute atomic E-state index is 0.00127. The topological polar surface area (TPSA) is 88.1 Å². The van der Waals surface area contributed by atoms with E-state index in [1.165, 1.54) is 0 Å². The fourth-order valence-electron chi connectivity index (χ4n) is 9.18. The molecule has 0 N–H and O–H groups in total. The zero-order chi connectivity index (χ0) is 31.1. The predicted molar refractivity (Wildman–Crippen MR) is 165 cm³/mol. The van der Waals surface area contributed by atoms with Crippen LogP contribution in [-0.4, -0.2) is 53.8 Å². The van der Waals surface area contributed by atoms with E-state index in [1.807, 2.05) is 13.8 Å². The minimum atomic E-state index is -0.930. The Morgan fingerprint density at radius 2 is 1.76 bits per heavy atom. The molecule has 1 aliphatic heterocycles. The van der Waals surface area contributed by atoms with Crippen LogP contribution in [0.25, 0.3) is 0 Å². The highest BCUT2D eigenvalue weighted by atomic mass is 79.9. The van der Waals surface area contributed by atoms with Crippen LogP contribution in [0.1, 0.15) is 101 Å². The van der Waals surface area contributed by atoms with Crippen LogP contribution in [0.4, 0.5) is 0 Å². The van der Waals surface area contributed by atoms with Gasteiger partial charge in [0, 0.05) is 23.2 Å². The Bertz CT molecular complexity index is 1050. The molecule has 0 radical (unpaired) electrons. The Morgan fingerprint density at radius 1 is 1.10 bits per heavy atom. The number of hydrogen-bond donors (Lipinski definition) is 0. The van der Waals surface area contributed by atoms with Gasteiger partial charge in [0.2, 0.25) is 6.10 Å². The zero-order valence-corrected chi connectivity index (χ0v) is 28.7. The summed E-state index contributed by atoms with van der Waals surface area (Å²) >= 11 is 3.55. The minimum Gasteiger partial charge on any atom is -0.459 e. The SMILES string of the molecule is CCC(C)OC(CBr)OC1C(=O)C=C(C)C2CC3OC(=O)C(OC(=O)CC(C(C)C)C(C)C)C4CCCC(C21C)C34C. The summed E-state index contributed by atoms with van der Waals surface area (Å²) in [6, 6.07) is 0. The van der Waals surface area contributed by atoms with E-state index in [4.69, 9.17) is 18.9 Å². The third-order valence-corrected chi connectivity index (χ3v) is 12.1. The summed E-state index contributed by atoms with van der Waals surface area (Å²) in [4.78, 5) is 40.5. The number of fused-ring (bicyclic) bond motifs is 2. The lowest BCUT2D eigenvalue weighted by Crippen LogP contribution is -2.70. The van der Waals surface area contributed by atoms with Gasteiger partial charge in [0.25, 0.3) is 0 Å². The van der Waals surface area contributed by atoms with Gasteiger partial charge in [-0.25, -0.2) is 4.79 Å². The van der Waals surface area contributed by atoms with Crippen molar-refractivity contribution in [1.29, 1.82) is 0 Å². The first-order valence-corrected chi connectivity index (χ1v) is 17.3. The van der Waals surface area contributed by atoms with Crippen LogP contribution in [0.5, 0.6) is 0 Å². The highest BCUT2D eigenvalue weighted by molar-refractivity contribution is 9.09. The van der Waals surface area contributed by atoms with Gasteiger partial charge in [0.05, 0.1) is 11.4 Å². The first-order valence-electron chi connectivity index (χ1n) is 16.2. The summed E-state index contributed by atoms with van der Waals surface area (Å²) in [5, 5.41) is 0.459. The molecule has 10 unspecified atom stereocenters. The molecule has 4 rings (SSSR count). The van der Waals surface area contributed by atoms with Crippen LogP contribution in [0, 0.1) is 46.3 Å². The molecule has 42 heavy (non-hydrogen) atoms. The van der Waals surface area contributed by atoms with Gasteiger partial charge >= 0.3 is 11.9 Å². The number of alkyl halides is 1. The molecule has 1 saturated heterocycles. The number of hydrogen-bond acceptors (Lipinski definition) is 7. The molecule has 1 heterocycles. The number of ketones is 1. The molecular formula is C34H53BrO7. The van der Waals surface area contributed by atoms with Crippen LogP contribution >= 0.6 is 15.9 Å². The number of esters is 2. The van der Waals surface area contributed by atoms with Gasteiger partial charge in [-0.2, -0.15) is 0 Å². The fraction of sp³-hybridized carbons (Fsp3) is 0.853. The van der Waals surface area contributed by atoms with E-state index in [0.717, 1.165) is 31.3 Å². The average Bonchev–Trinajstić information content (AvgIpc) is 2.92. The quantitative estimate of drug-likeness (QED) is 0.134. The normalized spacial score (nSPS) is 37.6. The Balaban J connectivity index is 1.67. The summed E-state index contributed by atoms with van der Waals surface area (Å²) in [6.07, 6.45) is 3.55. The van der Waals surface area contributed by atoms with Gasteiger partial charge in [-0.15, -0.1) is 0 Å². The molecular weight excluding hydrogens is 600 g/mol.